The van der Waals surface area contributed by atoms with Crippen molar-refractivity contribution in [1.29, 1.82) is 0 Å². The fourth-order valence-corrected chi connectivity index (χ4v) is 12.2. The van der Waals surface area contributed by atoms with Crippen molar-refractivity contribution in [3.8, 4) is 0 Å². The van der Waals surface area contributed by atoms with Gasteiger partial charge in [0.15, 0.2) is 12.2 Å². The summed E-state index contributed by atoms with van der Waals surface area (Å²) in [7, 11) is -9.92. The summed E-state index contributed by atoms with van der Waals surface area (Å²) in [6, 6.07) is 0. The maximum atomic E-state index is 13.0. The monoisotopic (exact) mass is 1350 g/mol. The summed E-state index contributed by atoms with van der Waals surface area (Å²) in [5.74, 6) is -0.678. The average molecular weight is 1350 g/mol. The van der Waals surface area contributed by atoms with Crippen LogP contribution in [0.3, 0.4) is 0 Å². The van der Waals surface area contributed by atoms with Gasteiger partial charge in [0.25, 0.3) is 0 Å². The number of unbranched alkanes of at least 4 members (excludes halogenated alkanes) is 37. The fraction of sp³-hybridized carbons (Fsp3) is 0.890. The van der Waals surface area contributed by atoms with Gasteiger partial charge < -0.3 is 33.8 Å². The van der Waals surface area contributed by atoms with Gasteiger partial charge in [-0.2, -0.15) is 0 Å². The third-order valence-corrected chi connectivity index (χ3v) is 18.2. The molecular formula is C73H138O17P2. The zero-order valence-electron chi connectivity index (χ0n) is 59.3. The van der Waals surface area contributed by atoms with Crippen molar-refractivity contribution < 1.29 is 80.2 Å². The number of phosphoric acid groups is 2. The zero-order valence-corrected chi connectivity index (χ0v) is 61.1. The molecule has 0 heterocycles. The molecule has 0 saturated heterocycles. The van der Waals surface area contributed by atoms with E-state index in [2.05, 4.69) is 65.8 Å². The van der Waals surface area contributed by atoms with Gasteiger partial charge in [0.2, 0.25) is 0 Å². The molecule has 0 saturated carbocycles. The molecule has 5 atom stereocenters. The maximum Gasteiger partial charge on any atom is 0.472 e. The predicted octanol–water partition coefficient (Wildman–Crippen LogP) is 20.7. The van der Waals surface area contributed by atoms with E-state index in [1.807, 2.05) is 0 Å². The normalized spacial score (nSPS) is 14.2. The third-order valence-electron chi connectivity index (χ3n) is 16.3. The summed E-state index contributed by atoms with van der Waals surface area (Å²) in [6.07, 6.45) is 53.5. The van der Waals surface area contributed by atoms with E-state index in [9.17, 15) is 43.2 Å². The van der Waals surface area contributed by atoms with Gasteiger partial charge in [-0.1, -0.05) is 297 Å². The molecule has 0 bridgehead atoms. The number of ether oxygens (including phenoxy) is 4. The molecule has 0 aliphatic heterocycles. The van der Waals surface area contributed by atoms with Gasteiger partial charge in [-0.25, -0.2) is 9.13 Å². The van der Waals surface area contributed by atoms with Crippen molar-refractivity contribution in [2.75, 3.05) is 39.6 Å². The first-order valence-corrected chi connectivity index (χ1v) is 40.3. The molecule has 2 unspecified atom stereocenters. The van der Waals surface area contributed by atoms with E-state index in [-0.39, 0.29) is 25.7 Å². The molecule has 0 radical (unpaired) electrons. The Balaban J connectivity index is 5.29. The second kappa shape index (κ2) is 64.5. The van der Waals surface area contributed by atoms with Crippen LogP contribution in [0.25, 0.3) is 0 Å². The van der Waals surface area contributed by atoms with Crippen LogP contribution in [0.5, 0.6) is 0 Å². The van der Waals surface area contributed by atoms with Gasteiger partial charge >= 0.3 is 39.5 Å². The standard InChI is InChI=1S/C73H138O17P2/c1-7-9-11-13-15-17-19-21-22-24-28-33-39-46-52-58-73(78)89-68(61-83-70(75)55-49-43-37-31-29-25-26-30-35-41-47-53-65(3)4)63-87-91(79,80)85-59-67(74)60-86-92(81,82)88-64-69(62-84-71(76)56-50-44-40-34-36-42-48-54-66(5)6)90-72(77)57-51-45-38-32-27-23-20-18-16-14-12-10-8-2/h17,19,21-22,65-69,74H,7-16,18,20,23-64H2,1-6H3,(H,79,80)(H,81,82)/b19-17-,22-21-/t67-,68-,69-/m1/s1. The molecule has 0 aliphatic carbocycles. The van der Waals surface area contributed by atoms with Crippen LogP contribution in [-0.2, 0) is 65.4 Å². The number of aliphatic hydroxyl groups excluding tert-OH is 1. The zero-order chi connectivity index (χ0) is 67.9. The van der Waals surface area contributed by atoms with E-state index in [0.29, 0.717) is 31.6 Å². The van der Waals surface area contributed by atoms with Crippen molar-refractivity contribution in [3.63, 3.8) is 0 Å². The number of hydrogen-bond donors (Lipinski definition) is 3. The lowest BCUT2D eigenvalue weighted by atomic mass is 10.0. The molecule has 17 nitrogen and oxygen atoms in total. The molecule has 0 rings (SSSR count). The second-order valence-corrected chi connectivity index (χ2v) is 29.5. The van der Waals surface area contributed by atoms with Crippen LogP contribution in [0, 0.1) is 11.8 Å². The summed E-state index contributed by atoms with van der Waals surface area (Å²) in [6.45, 7) is 9.45. The van der Waals surface area contributed by atoms with E-state index in [1.165, 1.54) is 148 Å². The van der Waals surface area contributed by atoms with Crippen LogP contribution in [0.4, 0.5) is 0 Å². The number of hydrogen-bond acceptors (Lipinski definition) is 15. The lowest BCUT2D eigenvalue weighted by Gasteiger charge is -2.21. The largest absolute Gasteiger partial charge is 0.472 e. The van der Waals surface area contributed by atoms with Gasteiger partial charge in [-0.3, -0.25) is 37.3 Å². The minimum absolute atomic E-state index is 0.0848. The molecule has 0 aromatic carbocycles. The lowest BCUT2D eigenvalue weighted by Crippen LogP contribution is -2.30. The fourth-order valence-electron chi connectivity index (χ4n) is 10.6. The Morgan fingerprint density at radius 2 is 0.587 bits per heavy atom. The molecule has 0 aromatic heterocycles. The number of phosphoric ester groups is 2. The third kappa shape index (κ3) is 66.2. The summed E-state index contributed by atoms with van der Waals surface area (Å²) in [5.41, 5.74) is 0. The van der Waals surface area contributed by atoms with Crippen LogP contribution in [-0.4, -0.2) is 96.7 Å². The van der Waals surface area contributed by atoms with Crippen molar-refractivity contribution >= 4 is 39.5 Å². The minimum atomic E-state index is -4.96. The summed E-state index contributed by atoms with van der Waals surface area (Å²) < 4.78 is 68.3. The topological polar surface area (TPSA) is 237 Å². The Labute approximate surface area is 561 Å². The van der Waals surface area contributed by atoms with Crippen molar-refractivity contribution in [1.82, 2.24) is 0 Å². The molecule has 0 spiro atoms. The molecule has 3 N–H and O–H groups in total. The SMILES string of the molecule is CCCCCC/C=C\C=C/CCCCCCCC(=O)O[C@H](COC(=O)CCCCCCCCCCCCCC(C)C)COP(=O)(O)OC[C@@H](O)COP(=O)(O)OC[C@@H](COC(=O)CCCCCCCCCC(C)C)OC(=O)CCCCCCCCCCCCCCC. The molecule has 19 heteroatoms. The highest BCUT2D eigenvalue weighted by atomic mass is 31.2. The molecule has 542 valence electrons. The average Bonchev–Trinajstić information content (AvgIpc) is 3.34. The molecule has 0 aliphatic rings. The summed E-state index contributed by atoms with van der Waals surface area (Å²) in [4.78, 5) is 72.6. The van der Waals surface area contributed by atoms with Gasteiger partial charge in [-0.15, -0.1) is 0 Å². The van der Waals surface area contributed by atoms with Crippen molar-refractivity contribution in [3.05, 3.63) is 24.3 Å². The first-order valence-electron chi connectivity index (χ1n) is 37.3. The predicted molar refractivity (Wildman–Crippen MR) is 372 cm³/mol. The van der Waals surface area contributed by atoms with Gasteiger partial charge in [0.1, 0.15) is 19.3 Å². The number of rotatable bonds is 70. The molecule has 0 aromatic rings. The first kappa shape index (κ1) is 89.5. The second-order valence-electron chi connectivity index (χ2n) is 26.6. The van der Waals surface area contributed by atoms with Crippen LogP contribution < -0.4 is 0 Å². The number of allylic oxidation sites excluding steroid dienone is 4. The molecule has 0 amide bonds. The smallest absolute Gasteiger partial charge is 0.462 e. The van der Waals surface area contributed by atoms with E-state index in [4.69, 9.17) is 37.0 Å². The highest BCUT2D eigenvalue weighted by Gasteiger charge is 2.30. The van der Waals surface area contributed by atoms with Crippen molar-refractivity contribution in [2.24, 2.45) is 11.8 Å². The van der Waals surface area contributed by atoms with E-state index >= 15 is 0 Å². The Kier molecular flexibility index (Phi) is 62.8. The summed E-state index contributed by atoms with van der Waals surface area (Å²) in [5, 5.41) is 10.6. The number of aliphatic hydroxyl groups is 1. The minimum Gasteiger partial charge on any atom is -0.462 e. The molecular weight excluding hydrogens is 1210 g/mol. The highest BCUT2D eigenvalue weighted by molar-refractivity contribution is 7.47. The Hall–Kier alpha value is -2.46. The quantitative estimate of drug-likeness (QED) is 0.0169. The molecule has 92 heavy (non-hydrogen) atoms. The first-order chi connectivity index (χ1) is 44.4. The van der Waals surface area contributed by atoms with Crippen molar-refractivity contribution in [2.45, 2.75) is 368 Å². The highest BCUT2D eigenvalue weighted by Crippen LogP contribution is 2.45. The lowest BCUT2D eigenvalue weighted by molar-refractivity contribution is -0.161. The van der Waals surface area contributed by atoms with E-state index < -0.39 is 97.5 Å². The van der Waals surface area contributed by atoms with Crippen LogP contribution in [0.15, 0.2) is 24.3 Å². The van der Waals surface area contributed by atoms with Crippen LogP contribution >= 0.6 is 15.6 Å². The maximum absolute atomic E-state index is 13.0. The molecule has 0 fully saturated rings. The Morgan fingerprint density at radius 3 is 0.891 bits per heavy atom. The number of esters is 4. The van der Waals surface area contributed by atoms with E-state index in [0.717, 1.165) is 115 Å². The van der Waals surface area contributed by atoms with Crippen LogP contribution in [0.1, 0.15) is 350 Å². The van der Waals surface area contributed by atoms with Gasteiger partial charge in [0, 0.05) is 25.7 Å². The Bertz CT molecular complexity index is 1880. The van der Waals surface area contributed by atoms with Gasteiger partial charge in [0.05, 0.1) is 26.4 Å². The Morgan fingerprint density at radius 1 is 0.337 bits per heavy atom. The van der Waals surface area contributed by atoms with E-state index in [1.54, 1.807) is 0 Å². The number of carbonyl (C=O) groups is 4. The number of carbonyl (C=O) groups excluding carboxylic acids is 4. The van der Waals surface area contributed by atoms with Gasteiger partial charge in [-0.05, 0) is 63.2 Å². The van der Waals surface area contributed by atoms with Crippen LogP contribution in [0.2, 0.25) is 0 Å². The summed E-state index contributed by atoms with van der Waals surface area (Å²) >= 11 is 0.